The number of hydrogen-bond acceptors (Lipinski definition) is 3. The van der Waals surface area contributed by atoms with Gasteiger partial charge in [0.05, 0.1) is 18.1 Å². The van der Waals surface area contributed by atoms with Crippen molar-refractivity contribution >= 4 is 0 Å². The maximum absolute atomic E-state index is 5.80. The second-order valence-corrected chi connectivity index (χ2v) is 7.25. The Morgan fingerprint density at radius 1 is 0.679 bits per heavy atom. The molecule has 0 unspecified atom stereocenters. The van der Waals surface area contributed by atoms with Gasteiger partial charge in [-0.15, -0.1) is 0 Å². The van der Waals surface area contributed by atoms with E-state index in [1.807, 2.05) is 0 Å². The molecule has 0 atom stereocenters. The molecule has 146 valence electrons. The Bertz CT molecular complexity index is 824. The van der Waals surface area contributed by atoms with Crippen LogP contribution in [0.5, 0.6) is 5.88 Å². The minimum atomic E-state index is 0.509. The van der Waals surface area contributed by atoms with Crippen LogP contribution in [0.1, 0.15) is 56.2 Å². The largest absolute Gasteiger partial charge is 0.472 e. The summed E-state index contributed by atoms with van der Waals surface area (Å²) in [5.74, 6) is 0.554. The molecular weight excluding hydrogens is 344 g/mol. The van der Waals surface area contributed by atoms with Crippen molar-refractivity contribution in [2.24, 2.45) is 0 Å². The van der Waals surface area contributed by atoms with Crippen LogP contribution in [-0.2, 0) is 19.4 Å². The summed E-state index contributed by atoms with van der Waals surface area (Å²) in [6.45, 7) is 4.94. The van der Waals surface area contributed by atoms with E-state index in [1.54, 1.807) is 12.4 Å². The second-order valence-electron chi connectivity index (χ2n) is 7.25. The number of ether oxygens (including phenoxy) is 1. The highest BCUT2D eigenvalue weighted by molar-refractivity contribution is 5.58. The zero-order chi connectivity index (χ0) is 19.6. The number of hydrogen-bond donors (Lipinski definition) is 0. The maximum Gasteiger partial charge on any atom is 0.232 e. The van der Waals surface area contributed by atoms with Gasteiger partial charge in [-0.2, -0.15) is 0 Å². The van der Waals surface area contributed by atoms with Gasteiger partial charge in [0, 0.05) is 5.56 Å². The van der Waals surface area contributed by atoms with E-state index in [9.17, 15) is 0 Å². The average molecular weight is 375 g/mol. The zero-order valence-electron chi connectivity index (χ0n) is 17.0. The second kappa shape index (κ2) is 10.6. The van der Waals surface area contributed by atoms with E-state index in [2.05, 4.69) is 72.3 Å². The van der Waals surface area contributed by atoms with Crippen LogP contribution in [0.3, 0.4) is 0 Å². The van der Waals surface area contributed by atoms with Crippen LogP contribution >= 0.6 is 0 Å². The first kappa shape index (κ1) is 20.1. The first-order valence-corrected chi connectivity index (χ1v) is 10.4. The molecule has 0 aliphatic rings. The minimum absolute atomic E-state index is 0.509. The summed E-state index contributed by atoms with van der Waals surface area (Å²) in [6, 6.07) is 17.2. The molecule has 3 aromatic rings. The quantitative estimate of drug-likeness (QED) is 0.385. The van der Waals surface area contributed by atoms with Crippen LogP contribution < -0.4 is 4.74 Å². The Morgan fingerprint density at radius 2 is 1.36 bits per heavy atom. The molecule has 2 aromatic carbocycles. The number of unbranched alkanes of at least 4 members (excludes halogenated alkanes) is 2. The zero-order valence-corrected chi connectivity index (χ0v) is 17.0. The van der Waals surface area contributed by atoms with Crippen LogP contribution in [0, 0.1) is 0 Å². The third kappa shape index (κ3) is 5.91. The van der Waals surface area contributed by atoms with Crippen molar-refractivity contribution < 1.29 is 4.74 Å². The number of benzene rings is 2. The van der Waals surface area contributed by atoms with E-state index in [1.165, 1.54) is 30.4 Å². The fourth-order valence-corrected chi connectivity index (χ4v) is 3.21. The van der Waals surface area contributed by atoms with Gasteiger partial charge in [-0.3, -0.25) is 0 Å². The summed E-state index contributed by atoms with van der Waals surface area (Å²) < 4.78 is 5.80. The van der Waals surface area contributed by atoms with E-state index >= 15 is 0 Å². The molecule has 1 aromatic heterocycles. The van der Waals surface area contributed by atoms with Crippen molar-refractivity contribution in [2.75, 3.05) is 0 Å². The molecular formula is C25H30N2O. The number of aryl methyl sites for hydroxylation is 2. The lowest BCUT2D eigenvalue weighted by molar-refractivity contribution is 0.292. The van der Waals surface area contributed by atoms with Crippen LogP contribution in [0.4, 0.5) is 0 Å². The molecule has 0 amide bonds. The highest BCUT2D eigenvalue weighted by Gasteiger charge is 2.03. The van der Waals surface area contributed by atoms with Crippen molar-refractivity contribution in [3.05, 3.63) is 77.6 Å². The SMILES string of the molecule is CCCCCc1ccc(COc2cnc(-c3ccc(CCC)cc3)cn2)cc1. The first-order valence-electron chi connectivity index (χ1n) is 10.4. The van der Waals surface area contributed by atoms with Crippen molar-refractivity contribution in [2.45, 2.75) is 59.0 Å². The lowest BCUT2D eigenvalue weighted by Crippen LogP contribution is -1.98. The molecule has 1 heterocycles. The molecule has 3 nitrogen and oxygen atoms in total. The van der Waals surface area contributed by atoms with E-state index in [4.69, 9.17) is 4.74 Å². The van der Waals surface area contributed by atoms with Gasteiger partial charge in [-0.25, -0.2) is 9.97 Å². The van der Waals surface area contributed by atoms with E-state index in [0.29, 0.717) is 12.5 Å². The number of rotatable bonds is 10. The van der Waals surface area contributed by atoms with Crippen molar-refractivity contribution in [1.82, 2.24) is 9.97 Å². The molecule has 3 heteroatoms. The van der Waals surface area contributed by atoms with Crippen LogP contribution in [0.15, 0.2) is 60.9 Å². The predicted molar refractivity (Wildman–Crippen MR) is 115 cm³/mol. The standard InChI is InChI=1S/C25H30N2O/c1-3-5-6-8-21-9-11-22(12-10-21)19-28-25-18-26-24(17-27-25)23-15-13-20(7-4-2)14-16-23/h9-18H,3-8,19H2,1-2H3. The Hall–Kier alpha value is -2.68. The predicted octanol–water partition coefficient (Wildman–Crippen LogP) is 6.41. The summed E-state index contributed by atoms with van der Waals surface area (Å²) in [5.41, 5.74) is 5.85. The Kier molecular flexibility index (Phi) is 7.60. The van der Waals surface area contributed by atoms with E-state index < -0.39 is 0 Å². The molecule has 0 radical (unpaired) electrons. The van der Waals surface area contributed by atoms with E-state index in [-0.39, 0.29) is 0 Å². The van der Waals surface area contributed by atoms with Gasteiger partial charge in [0.2, 0.25) is 5.88 Å². The van der Waals surface area contributed by atoms with Crippen molar-refractivity contribution in [3.8, 4) is 17.1 Å². The Balaban J connectivity index is 1.52. The molecule has 0 bridgehead atoms. The summed E-state index contributed by atoms with van der Waals surface area (Å²) >= 11 is 0. The van der Waals surface area contributed by atoms with Gasteiger partial charge < -0.3 is 4.74 Å². The van der Waals surface area contributed by atoms with Crippen LogP contribution in [-0.4, -0.2) is 9.97 Å². The summed E-state index contributed by atoms with van der Waals surface area (Å²) in [7, 11) is 0. The average Bonchev–Trinajstić information content (AvgIpc) is 2.75. The number of aromatic nitrogens is 2. The molecule has 0 aliphatic heterocycles. The van der Waals surface area contributed by atoms with Gasteiger partial charge in [0.1, 0.15) is 6.61 Å². The molecule has 0 saturated carbocycles. The molecule has 3 rings (SSSR count). The third-order valence-electron chi connectivity index (χ3n) is 4.90. The monoisotopic (exact) mass is 374 g/mol. The van der Waals surface area contributed by atoms with Gasteiger partial charge in [0.25, 0.3) is 0 Å². The summed E-state index contributed by atoms with van der Waals surface area (Å²) in [5, 5.41) is 0. The smallest absolute Gasteiger partial charge is 0.232 e. The lowest BCUT2D eigenvalue weighted by atomic mass is 10.1. The van der Waals surface area contributed by atoms with Gasteiger partial charge in [-0.1, -0.05) is 81.6 Å². The first-order chi connectivity index (χ1) is 13.8. The Morgan fingerprint density at radius 3 is 2.00 bits per heavy atom. The van der Waals surface area contributed by atoms with Crippen molar-refractivity contribution in [1.29, 1.82) is 0 Å². The minimum Gasteiger partial charge on any atom is -0.472 e. The lowest BCUT2D eigenvalue weighted by Gasteiger charge is -2.07. The molecule has 0 spiro atoms. The number of nitrogens with zero attached hydrogens (tertiary/aromatic N) is 2. The normalized spacial score (nSPS) is 10.8. The molecule has 0 N–H and O–H groups in total. The Labute approximate surface area is 168 Å². The van der Waals surface area contributed by atoms with Gasteiger partial charge in [-0.05, 0) is 36.0 Å². The van der Waals surface area contributed by atoms with Gasteiger partial charge >= 0.3 is 0 Å². The van der Waals surface area contributed by atoms with Gasteiger partial charge in [0.15, 0.2) is 0 Å². The maximum atomic E-state index is 5.80. The topological polar surface area (TPSA) is 35.0 Å². The molecule has 0 saturated heterocycles. The van der Waals surface area contributed by atoms with Crippen LogP contribution in [0.25, 0.3) is 11.3 Å². The fraction of sp³-hybridized carbons (Fsp3) is 0.360. The summed E-state index contributed by atoms with van der Waals surface area (Å²) in [6.07, 6.45) is 10.7. The fourth-order valence-electron chi connectivity index (χ4n) is 3.21. The molecule has 0 fully saturated rings. The highest BCUT2D eigenvalue weighted by Crippen LogP contribution is 2.19. The highest BCUT2D eigenvalue weighted by atomic mass is 16.5. The van der Waals surface area contributed by atoms with E-state index in [0.717, 1.165) is 36.1 Å². The van der Waals surface area contributed by atoms with Crippen molar-refractivity contribution in [3.63, 3.8) is 0 Å². The third-order valence-corrected chi connectivity index (χ3v) is 4.90. The van der Waals surface area contributed by atoms with Crippen LogP contribution in [0.2, 0.25) is 0 Å². The molecule has 0 aliphatic carbocycles. The summed E-state index contributed by atoms with van der Waals surface area (Å²) in [4.78, 5) is 8.92. The molecule has 28 heavy (non-hydrogen) atoms.